The number of hydrogen-bond donors (Lipinski definition) is 1. The Hall–Kier alpha value is -1.21. The van der Waals surface area contributed by atoms with Gasteiger partial charge in [-0.05, 0) is 30.9 Å². The molecule has 17 heavy (non-hydrogen) atoms. The molecule has 4 nitrogen and oxygen atoms in total. The molecule has 0 unspecified atom stereocenters. The summed E-state index contributed by atoms with van der Waals surface area (Å²) in [6.45, 7) is 0.311. The number of benzene rings is 1. The van der Waals surface area contributed by atoms with Crippen LogP contribution in [-0.4, -0.2) is 15.0 Å². The molecule has 0 heterocycles. The molecule has 0 saturated heterocycles. The van der Waals surface area contributed by atoms with Crippen LogP contribution in [-0.2, 0) is 10.0 Å². The van der Waals surface area contributed by atoms with Gasteiger partial charge in [-0.25, -0.2) is 17.9 Å². The van der Waals surface area contributed by atoms with Gasteiger partial charge in [0.1, 0.15) is 4.90 Å². The van der Waals surface area contributed by atoms with E-state index in [0.29, 0.717) is 12.5 Å². The average molecular weight is 263 g/mol. The quantitative estimate of drug-likeness (QED) is 0.892. The van der Waals surface area contributed by atoms with Gasteiger partial charge in [0, 0.05) is 0 Å². The van der Waals surface area contributed by atoms with Crippen LogP contribution in [0.25, 0.3) is 0 Å². The normalized spacial score (nSPS) is 15.9. The van der Waals surface area contributed by atoms with Crippen LogP contribution in [0, 0.1) is 17.6 Å². The van der Waals surface area contributed by atoms with Crippen LogP contribution in [0.2, 0.25) is 0 Å². The van der Waals surface area contributed by atoms with E-state index in [1.807, 2.05) is 0 Å². The lowest BCUT2D eigenvalue weighted by Gasteiger charge is -2.08. The summed E-state index contributed by atoms with van der Waals surface area (Å²) in [7, 11) is -4.26. The highest BCUT2D eigenvalue weighted by Gasteiger charge is 2.25. The molecule has 0 aliphatic heterocycles. The van der Waals surface area contributed by atoms with Crippen molar-refractivity contribution in [1.29, 1.82) is 0 Å². The van der Waals surface area contributed by atoms with Crippen LogP contribution < -0.4 is 9.88 Å². The van der Waals surface area contributed by atoms with Crippen LogP contribution >= 0.6 is 0 Å². The zero-order chi connectivity index (χ0) is 12.6. The third-order valence-corrected chi connectivity index (χ3v) is 3.42. The Morgan fingerprint density at radius 3 is 2.47 bits per heavy atom. The maximum Gasteiger partial charge on any atom is 0.241 e. The minimum atomic E-state index is -4.26. The lowest BCUT2D eigenvalue weighted by molar-refractivity contribution is 0.279. The molecule has 94 valence electrons. The van der Waals surface area contributed by atoms with E-state index in [-0.39, 0.29) is 5.75 Å². The molecule has 2 N–H and O–H groups in total. The smallest absolute Gasteiger partial charge is 0.241 e. The molecule has 0 amide bonds. The largest absolute Gasteiger partial charge is 0.490 e. The molecule has 0 radical (unpaired) electrons. The summed E-state index contributed by atoms with van der Waals surface area (Å²) in [5.74, 6) is -2.73. The van der Waals surface area contributed by atoms with Crippen molar-refractivity contribution < 1.29 is 21.9 Å². The number of sulfonamides is 1. The number of primary sulfonamides is 1. The number of halogens is 2. The Morgan fingerprint density at radius 2 is 1.94 bits per heavy atom. The summed E-state index contributed by atoms with van der Waals surface area (Å²) < 4.78 is 53.7. The van der Waals surface area contributed by atoms with Crippen molar-refractivity contribution >= 4 is 10.0 Å². The van der Waals surface area contributed by atoms with Gasteiger partial charge in [0.2, 0.25) is 15.8 Å². The Kier molecular flexibility index (Phi) is 3.05. The number of ether oxygens (including phenoxy) is 1. The van der Waals surface area contributed by atoms with E-state index in [2.05, 4.69) is 0 Å². The van der Waals surface area contributed by atoms with Gasteiger partial charge in [0.15, 0.2) is 11.6 Å². The zero-order valence-corrected chi connectivity index (χ0v) is 9.64. The van der Waals surface area contributed by atoms with E-state index < -0.39 is 26.6 Å². The predicted molar refractivity (Wildman–Crippen MR) is 56.0 cm³/mol. The van der Waals surface area contributed by atoms with Crippen molar-refractivity contribution in [2.24, 2.45) is 11.1 Å². The third-order valence-electron chi connectivity index (χ3n) is 2.49. The second kappa shape index (κ2) is 4.23. The molecule has 1 aromatic carbocycles. The van der Waals surface area contributed by atoms with E-state index >= 15 is 0 Å². The van der Waals surface area contributed by atoms with E-state index in [1.54, 1.807) is 0 Å². The highest BCUT2D eigenvalue weighted by Crippen LogP contribution is 2.31. The highest BCUT2D eigenvalue weighted by molar-refractivity contribution is 7.89. The molecule has 7 heteroatoms. The summed E-state index contributed by atoms with van der Waals surface area (Å²) in [6, 6.07) is 1.97. The minimum Gasteiger partial charge on any atom is -0.490 e. The Labute approximate surface area is 97.4 Å². The number of rotatable bonds is 4. The summed E-state index contributed by atoms with van der Waals surface area (Å²) >= 11 is 0. The molecule has 1 aliphatic rings. The summed E-state index contributed by atoms with van der Waals surface area (Å²) in [6.07, 6.45) is 2.03. The monoisotopic (exact) mass is 263 g/mol. The first-order chi connectivity index (χ1) is 7.89. The lowest BCUT2D eigenvalue weighted by atomic mass is 10.3. The first-order valence-corrected chi connectivity index (χ1v) is 6.58. The SMILES string of the molecule is NS(=O)(=O)c1ccc(OCC2CC2)c(F)c1F. The van der Waals surface area contributed by atoms with Crippen molar-refractivity contribution in [3.8, 4) is 5.75 Å². The number of nitrogens with two attached hydrogens (primary N) is 1. The van der Waals surface area contributed by atoms with Crippen molar-refractivity contribution in [3.63, 3.8) is 0 Å². The molecule has 1 saturated carbocycles. The van der Waals surface area contributed by atoms with Gasteiger partial charge in [-0.3, -0.25) is 0 Å². The maximum atomic E-state index is 13.4. The Balaban J connectivity index is 2.28. The lowest BCUT2D eigenvalue weighted by Crippen LogP contribution is -2.15. The fourth-order valence-corrected chi connectivity index (χ4v) is 1.93. The van der Waals surface area contributed by atoms with Gasteiger partial charge in [-0.1, -0.05) is 0 Å². The fourth-order valence-electron chi connectivity index (χ4n) is 1.34. The molecule has 0 aromatic heterocycles. The first kappa shape index (κ1) is 12.3. The van der Waals surface area contributed by atoms with E-state index in [4.69, 9.17) is 9.88 Å². The Bertz CT molecular complexity index is 541. The average Bonchev–Trinajstić information content (AvgIpc) is 3.02. The molecule has 1 aliphatic carbocycles. The minimum absolute atomic E-state index is 0.290. The standard InChI is InChI=1S/C10H11F2NO3S/c11-9-7(16-5-6-1-2-6)3-4-8(10(9)12)17(13,14)15/h3-4,6H,1-2,5H2,(H2,13,14,15). The third kappa shape index (κ3) is 2.73. The van der Waals surface area contributed by atoms with E-state index in [0.717, 1.165) is 25.0 Å². The van der Waals surface area contributed by atoms with Crippen LogP contribution in [0.15, 0.2) is 17.0 Å². The molecule has 0 bridgehead atoms. The molecule has 2 rings (SSSR count). The molecule has 0 spiro atoms. The van der Waals surface area contributed by atoms with Gasteiger partial charge in [-0.2, -0.15) is 4.39 Å². The second-order valence-electron chi connectivity index (χ2n) is 3.99. The van der Waals surface area contributed by atoms with Crippen molar-refractivity contribution in [1.82, 2.24) is 0 Å². The van der Waals surface area contributed by atoms with E-state index in [1.165, 1.54) is 0 Å². The van der Waals surface area contributed by atoms with Crippen LogP contribution in [0.3, 0.4) is 0 Å². The van der Waals surface area contributed by atoms with Crippen molar-refractivity contribution in [3.05, 3.63) is 23.8 Å². The van der Waals surface area contributed by atoms with Crippen LogP contribution in [0.1, 0.15) is 12.8 Å². The number of hydrogen-bond acceptors (Lipinski definition) is 3. The summed E-state index contributed by atoms with van der Waals surface area (Å²) in [5.41, 5.74) is 0. The van der Waals surface area contributed by atoms with Gasteiger partial charge in [-0.15, -0.1) is 0 Å². The topological polar surface area (TPSA) is 69.4 Å². The molecule has 1 fully saturated rings. The van der Waals surface area contributed by atoms with Gasteiger partial charge >= 0.3 is 0 Å². The molecular formula is C10H11F2NO3S. The van der Waals surface area contributed by atoms with Crippen LogP contribution in [0.4, 0.5) is 8.78 Å². The summed E-state index contributed by atoms with van der Waals surface area (Å²) in [5, 5.41) is 4.73. The summed E-state index contributed by atoms with van der Waals surface area (Å²) in [4.78, 5) is -0.867. The van der Waals surface area contributed by atoms with Crippen molar-refractivity contribution in [2.45, 2.75) is 17.7 Å². The van der Waals surface area contributed by atoms with Gasteiger partial charge in [0.05, 0.1) is 6.61 Å². The van der Waals surface area contributed by atoms with Crippen molar-refractivity contribution in [2.75, 3.05) is 6.61 Å². The Morgan fingerprint density at radius 1 is 1.29 bits per heavy atom. The predicted octanol–water partition coefficient (Wildman–Crippen LogP) is 1.40. The molecule has 0 atom stereocenters. The fraction of sp³-hybridized carbons (Fsp3) is 0.400. The van der Waals surface area contributed by atoms with Gasteiger partial charge in [0.25, 0.3) is 0 Å². The zero-order valence-electron chi connectivity index (χ0n) is 8.82. The van der Waals surface area contributed by atoms with Gasteiger partial charge < -0.3 is 4.74 Å². The highest BCUT2D eigenvalue weighted by atomic mass is 32.2. The first-order valence-electron chi connectivity index (χ1n) is 5.03. The maximum absolute atomic E-state index is 13.4. The van der Waals surface area contributed by atoms with E-state index in [9.17, 15) is 17.2 Å². The molecular weight excluding hydrogens is 252 g/mol. The second-order valence-corrected chi connectivity index (χ2v) is 5.52. The van der Waals surface area contributed by atoms with Crippen LogP contribution in [0.5, 0.6) is 5.75 Å². The molecule has 1 aromatic rings.